The summed E-state index contributed by atoms with van der Waals surface area (Å²) in [6, 6.07) is 8.28. The molecule has 0 aliphatic carbocycles. The topological polar surface area (TPSA) is 40.5 Å². The van der Waals surface area contributed by atoms with Gasteiger partial charge in [0.1, 0.15) is 0 Å². The number of aryl methyl sites for hydroxylation is 1. The van der Waals surface area contributed by atoms with Crippen molar-refractivity contribution in [1.82, 2.24) is 0 Å². The van der Waals surface area contributed by atoms with E-state index in [1.807, 2.05) is 6.08 Å². The van der Waals surface area contributed by atoms with Gasteiger partial charge in [-0.15, -0.1) is 6.58 Å². The summed E-state index contributed by atoms with van der Waals surface area (Å²) < 4.78 is 0. The summed E-state index contributed by atoms with van der Waals surface area (Å²) in [5.74, 6) is -0.742. The molecule has 0 unspecified atom stereocenters. The highest BCUT2D eigenvalue weighted by Crippen LogP contribution is 2.16. The van der Waals surface area contributed by atoms with E-state index in [1.54, 1.807) is 0 Å². The van der Waals surface area contributed by atoms with Gasteiger partial charge in [0.2, 0.25) is 0 Å². The van der Waals surface area contributed by atoms with Crippen LogP contribution in [-0.2, 0) is 4.79 Å². The zero-order valence-corrected chi connectivity index (χ0v) is 12.3. The Kier molecular flexibility index (Phi) is 7.48. The largest absolute Gasteiger partial charge is 0.481 e. The van der Waals surface area contributed by atoms with Crippen molar-refractivity contribution < 1.29 is 9.90 Å². The maximum atomic E-state index is 10.8. The number of anilines is 1. The molecule has 0 radical (unpaired) electrons. The van der Waals surface area contributed by atoms with Crippen LogP contribution in [0, 0.1) is 6.92 Å². The quantitative estimate of drug-likeness (QED) is 0.518. The molecule has 0 bridgehead atoms. The molecule has 110 valence electrons. The fourth-order valence-corrected chi connectivity index (χ4v) is 2.12. The summed E-state index contributed by atoms with van der Waals surface area (Å²) in [7, 11) is 0. The van der Waals surface area contributed by atoms with Gasteiger partial charge in [-0.05, 0) is 38.3 Å². The highest BCUT2D eigenvalue weighted by Gasteiger charge is 2.08. The summed E-state index contributed by atoms with van der Waals surface area (Å²) in [6.45, 7) is 7.26. The van der Waals surface area contributed by atoms with Crippen molar-refractivity contribution in [2.24, 2.45) is 0 Å². The number of hydrogen-bond donors (Lipinski definition) is 1. The van der Waals surface area contributed by atoms with Crippen LogP contribution in [0.25, 0.3) is 0 Å². The molecule has 0 fully saturated rings. The lowest BCUT2D eigenvalue weighted by molar-refractivity contribution is -0.136. The molecule has 0 aliphatic rings. The lowest BCUT2D eigenvalue weighted by atomic mass is 10.1. The molecule has 0 spiro atoms. The summed E-state index contributed by atoms with van der Waals surface area (Å²) in [6.07, 6.45) is 6.58. The molecular weight excluding hydrogens is 250 g/mol. The molecular formula is C17H25NO2. The first-order valence-corrected chi connectivity index (χ1v) is 7.28. The molecule has 0 saturated carbocycles. The van der Waals surface area contributed by atoms with Gasteiger partial charge in [0.05, 0.1) is 6.42 Å². The number of carboxylic acid groups (broad SMARTS) is 1. The third kappa shape index (κ3) is 6.41. The fraction of sp³-hybridized carbons (Fsp3) is 0.471. The monoisotopic (exact) mass is 275 g/mol. The van der Waals surface area contributed by atoms with Gasteiger partial charge in [0.15, 0.2) is 0 Å². The summed E-state index contributed by atoms with van der Waals surface area (Å²) in [5, 5.41) is 8.86. The molecule has 1 aromatic rings. The van der Waals surface area contributed by atoms with Gasteiger partial charge in [0.25, 0.3) is 0 Å². The van der Waals surface area contributed by atoms with Crippen molar-refractivity contribution in [1.29, 1.82) is 0 Å². The second-order valence-electron chi connectivity index (χ2n) is 5.10. The number of nitrogens with zero attached hydrogens (tertiary/aromatic N) is 1. The summed E-state index contributed by atoms with van der Waals surface area (Å²) in [4.78, 5) is 12.9. The van der Waals surface area contributed by atoms with Crippen molar-refractivity contribution >= 4 is 11.7 Å². The number of aliphatic carboxylic acids is 1. The number of allylic oxidation sites excluding steroid dienone is 1. The fourth-order valence-electron chi connectivity index (χ4n) is 2.12. The Morgan fingerprint density at radius 3 is 2.50 bits per heavy atom. The molecule has 3 heteroatoms. The van der Waals surface area contributed by atoms with E-state index in [0.29, 0.717) is 6.54 Å². The third-order valence-corrected chi connectivity index (χ3v) is 3.33. The van der Waals surface area contributed by atoms with E-state index < -0.39 is 5.97 Å². The predicted octanol–water partition coefficient (Wildman–Crippen LogP) is 4.02. The van der Waals surface area contributed by atoms with Crippen LogP contribution in [0.2, 0.25) is 0 Å². The van der Waals surface area contributed by atoms with Crippen molar-refractivity contribution in [3.05, 3.63) is 42.5 Å². The molecule has 0 amide bonds. The first-order chi connectivity index (χ1) is 9.63. The Labute approximate surface area is 121 Å². The van der Waals surface area contributed by atoms with Gasteiger partial charge >= 0.3 is 5.97 Å². The Bertz CT molecular complexity index is 412. The number of unbranched alkanes of at least 4 members (excludes halogenated alkanes) is 3. The molecule has 0 aromatic heterocycles. The van der Waals surface area contributed by atoms with E-state index in [4.69, 9.17) is 5.11 Å². The highest BCUT2D eigenvalue weighted by molar-refractivity contribution is 5.67. The zero-order chi connectivity index (χ0) is 14.8. The molecule has 0 atom stereocenters. The van der Waals surface area contributed by atoms with Gasteiger partial charge in [0, 0.05) is 18.8 Å². The van der Waals surface area contributed by atoms with Crippen LogP contribution >= 0.6 is 0 Å². The number of hydrogen-bond acceptors (Lipinski definition) is 2. The van der Waals surface area contributed by atoms with Crippen molar-refractivity contribution in [2.75, 3.05) is 18.0 Å². The van der Waals surface area contributed by atoms with Gasteiger partial charge in [-0.2, -0.15) is 0 Å². The Hall–Kier alpha value is -1.77. The van der Waals surface area contributed by atoms with Crippen LogP contribution in [0.1, 0.15) is 37.7 Å². The first kappa shape index (κ1) is 16.3. The Morgan fingerprint density at radius 1 is 1.20 bits per heavy atom. The second kappa shape index (κ2) is 9.18. The van der Waals surface area contributed by atoms with E-state index in [0.717, 1.165) is 37.9 Å². The van der Waals surface area contributed by atoms with Crippen LogP contribution in [0.4, 0.5) is 5.69 Å². The van der Waals surface area contributed by atoms with Crippen LogP contribution in [-0.4, -0.2) is 24.2 Å². The van der Waals surface area contributed by atoms with Crippen LogP contribution in [0.3, 0.4) is 0 Å². The minimum atomic E-state index is -0.742. The normalized spacial score (nSPS) is 10.2. The van der Waals surface area contributed by atoms with Crippen molar-refractivity contribution in [3.63, 3.8) is 0 Å². The Morgan fingerprint density at radius 2 is 1.90 bits per heavy atom. The summed E-state index contributed by atoms with van der Waals surface area (Å²) in [5.41, 5.74) is 2.33. The number of carboxylic acids is 1. The summed E-state index contributed by atoms with van der Waals surface area (Å²) >= 11 is 0. The van der Waals surface area contributed by atoms with Crippen LogP contribution < -0.4 is 4.90 Å². The standard InChI is InChI=1S/C17H25NO2/c1-3-4-5-6-7-13-18(14-12-17(19)20)16-10-8-15(2)9-11-16/h3,8-11H,1,4-7,12-14H2,2H3,(H,19,20). The van der Waals surface area contributed by atoms with E-state index >= 15 is 0 Å². The molecule has 0 saturated heterocycles. The first-order valence-electron chi connectivity index (χ1n) is 7.28. The average molecular weight is 275 g/mol. The van der Waals surface area contributed by atoms with E-state index in [2.05, 4.69) is 42.7 Å². The molecule has 1 aromatic carbocycles. The van der Waals surface area contributed by atoms with Crippen LogP contribution in [0.5, 0.6) is 0 Å². The number of rotatable bonds is 10. The molecule has 0 aliphatic heterocycles. The maximum Gasteiger partial charge on any atom is 0.305 e. The van der Waals surface area contributed by atoms with E-state index in [9.17, 15) is 4.79 Å². The van der Waals surface area contributed by atoms with Gasteiger partial charge in [-0.1, -0.05) is 30.2 Å². The minimum absolute atomic E-state index is 0.181. The number of benzene rings is 1. The second-order valence-corrected chi connectivity index (χ2v) is 5.10. The predicted molar refractivity (Wildman–Crippen MR) is 84.3 cm³/mol. The molecule has 1 rings (SSSR count). The lowest BCUT2D eigenvalue weighted by Crippen LogP contribution is -2.27. The SMILES string of the molecule is C=CCCCCCN(CCC(=O)O)c1ccc(C)cc1. The molecule has 1 N–H and O–H groups in total. The van der Waals surface area contributed by atoms with Gasteiger partial charge in [-0.3, -0.25) is 4.79 Å². The van der Waals surface area contributed by atoms with E-state index in [-0.39, 0.29) is 6.42 Å². The molecule has 0 heterocycles. The smallest absolute Gasteiger partial charge is 0.305 e. The lowest BCUT2D eigenvalue weighted by Gasteiger charge is -2.24. The van der Waals surface area contributed by atoms with Crippen molar-refractivity contribution in [3.8, 4) is 0 Å². The maximum absolute atomic E-state index is 10.8. The highest BCUT2D eigenvalue weighted by atomic mass is 16.4. The Balaban J connectivity index is 2.53. The molecule has 3 nitrogen and oxygen atoms in total. The van der Waals surface area contributed by atoms with E-state index in [1.165, 1.54) is 5.56 Å². The number of carbonyl (C=O) groups is 1. The van der Waals surface area contributed by atoms with Crippen LogP contribution in [0.15, 0.2) is 36.9 Å². The van der Waals surface area contributed by atoms with Gasteiger partial charge < -0.3 is 10.0 Å². The third-order valence-electron chi connectivity index (χ3n) is 3.33. The minimum Gasteiger partial charge on any atom is -0.481 e. The van der Waals surface area contributed by atoms with Crippen molar-refractivity contribution in [2.45, 2.75) is 39.0 Å². The average Bonchev–Trinajstić information content (AvgIpc) is 2.43. The van der Waals surface area contributed by atoms with Gasteiger partial charge in [-0.25, -0.2) is 0 Å². The zero-order valence-electron chi connectivity index (χ0n) is 12.3. The molecule has 20 heavy (non-hydrogen) atoms.